The summed E-state index contributed by atoms with van der Waals surface area (Å²) in [5.41, 5.74) is -1.49. The Morgan fingerprint density at radius 3 is 1.98 bits per heavy atom. The molecular formula is C32H36O18. The highest BCUT2D eigenvalue weighted by atomic mass is 16.7. The number of phenols is 3. The summed E-state index contributed by atoms with van der Waals surface area (Å²) in [6, 6.07) is 4.44. The van der Waals surface area contributed by atoms with Gasteiger partial charge in [0, 0.05) is 25.5 Å². The van der Waals surface area contributed by atoms with Crippen molar-refractivity contribution < 1.29 is 82.9 Å². The van der Waals surface area contributed by atoms with Gasteiger partial charge in [-0.15, -0.1) is 0 Å². The van der Waals surface area contributed by atoms with Gasteiger partial charge in [0.05, 0.1) is 19.3 Å². The number of aliphatic hydroxyl groups is 4. The standard InChI is InChI=1S/C32H36O18/c1-10-20(37)23(40)24(41)31(44-10)50-29-22(39)19-17(48-27(29)14-6-7-15(35)16(36)8-14)9-18(28(43-5)21(19)38)49-32-25(42)30(47-13(4)34)26(11(2)45-32)46-12(3)33/h6-11,20,23-26,30-32,35-38,40-42H,1-5H3/t10-,11+,20-,23+,24-,25+,26+,30-,31+,32+/m0/s1. The zero-order valence-electron chi connectivity index (χ0n) is 27.2. The molecule has 2 aliphatic rings. The van der Waals surface area contributed by atoms with Gasteiger partial charge in [-0.3, -0.25) is 14.4 Å². The number of methoxy groups -OCH3 is 1. The highest BCUT2D eigenvalue weighted by molar-refractivity contribution is 5.91. The highest BCUT2D eigenvalue weighted by Crippen LogP contribution is 2.46. The van der Waals surface area contributed by atoms with E-state index in [-0.39, 0.29) is 16.9 Å². The van der Waals surface area contributed by atoms with Crippen molar-refractivity contribution in [2.45, 2.75) is 89.1 Å². The third-order valence-corrected chi connectivity index (χ3v) is 8.12. The van der Waals surface area contributed by atoms with Crippen molar-refractivity contribution in [3.63, 3.8) is 0 Å². The number of hydrogen-bond donors (Lipinski definition) is 7. The average molecular weight is 709 g/mol. The number of carbonyl (C=O) groups excluding carboxylic acids is 2. The number of aromatic hydroxyl groups is 3. The minimum atomic E-state index is -1.86. The van der Waals surface area contributed by atoms with Gasteiger partial charge in [-0.25, -0.2) is 0 Å². The number of phenolic OH excluding ortho intramolecular Hbond substituents is 3. The first-order valence-corrected chi connectivity index (χ1v) is 15.2. The summed E-state index contributed by atoms with van der Waals surface area (Å²) in [5, 5.41) is 73.0. The fraction of sp³-hybridized carbons (Fsp3) is 0.469. The highest BCUT2D eigenvalue weighted by Gasteiger charge is 2.49. The van der Waals surface area contributed by atoms with Crippen molar-refractivity contribution >= 4 is 22.9 Å². The lowest BCUT2D eigenvalue weighted by Gasteiger charge is -2.42. The first-order valence-electron chi connectivity index (χ1n) is 15.2. The van der Waals surface area contributed by atoms with E-state index in [0.717, 1.165) is 39.2 Å². The van der Waals surface area contributed by atoms with Crippen LogP contribution >= 0.6 is 0 Å². The molecule has 0 saturated carbocycles. The number of hydrogen-bond acceptors (Lipinski definition) is 18. The number of rotatable bonds is 8. The SMILES string of the molecule is COc1c(O[C@H]2O[C@H](C)[C@@H](OC(C)=O)[C@@H](OC(C)=O)[C@H]2O)cc2oc(-c3ccc(O)c(O)c3)c(O[C@H]3O[C@@H](C)[C@H](O)[C@@H](O)[C@@H]3O)c(=O)c2c1O. The first-order chi connectivity index (χ1) is 23.5. The molecule has 0 unspecified atom stereocenters. The van der Waals surface area contributed by atoms with E-state index in [2.05, 4.69) is 0 Å². The van der Waals surface area contributed by atoms with E-state index in [0.29, 0.717) is 0 Å². The minimum Gasteiger partial charge on any atom is -0.504 e. The maximum absolute atomic E-state index is 14.1. The summed E-state index contributed by atoms with van der Waals surface area (Å²) in [6.07, 6.45) is -15.0. The van der Waals surface area contributed by atoms with Crippen LogP contribution < -0.4 is 19.6 Å². The Morgan fingerprint density at radius 2 is 1.36 bits per heavy atom. The molecule has 3 heterocycles. The lowest BCUT2D eigenvalue weighted by molar-refractivity contribution is -0.276. The van der Waals surface area contributed by atoms with E-state index < -0.39 is 119 Å². The van der Waals surface area contributed by atoms with E-state index in [1.165, 1.54) is 19.9 Å². The summed E-state index contributed by atoms with van der Waals surface area (Å²) in [7, 11) is 1.12. The van der Waals surface area contributed by atoms with E-state index in [1.807, 2.05) is 0 Å². The van der Waals surface area contributed by atoms with Gasteiger partial charge in [0.2, 0.25) is 29.5 Å². The number of ether oxygens (including phenoxy) is 7. The van der Waals surface area contributed by atoms with Crippen LogP contribution in [0.1, 0.15) is 27.7 Å². The summed E-state index contributed by atoms with van der Waals surface area (Å²) >= 11 is 0. The van der Waals surface area contributed by atoms with Crippen molar-refractivity contribution in [2.24, 2.45) is 0 Å². The van der Waals surface area contributed by atoms with Crippen molar-refractivity contribution in [3.8, 4) is 45.8 Å². The van der Waals surface area contributed by atoms with Crippen LogP contribution in [0.5, 0.6) is 34.5 Å². The second-order valence-electron chi connectivity index (χ2n) is 11.7. The number of carbonyl (C=O) groups is 2. The molecule has 2 fully saturated rings. The number of esters is 2. The Hall–Kier alpha value is -4.85. The van der Waals surface area contributed by atoms with Gasteiger partial charge >= 0.3 is 11.9 Å². The quantitative estimate of drug-likeness (QED) is 0.121. The lowest BCUT2D eigenvalue weighted by Crippen LogP contribution is -2.60. The maximum atomic E-state index is 14.1. The molecule has 2 aliphatic heterocycles. The maximum Gasteiger partial charge on any atom is 0.303 e. The first kappa shape index (κ1) is 36.4. The fourth-order valence-electron chi connectivity index (χ4n) is 5.64. The van der Waals surface area contributed by atoms with Crippen LogP contribution in [0, 0.1) is 0 Å². The minimum absolute atomic E-state index is 0.0494. The molecule has 50 heavy (non-hydrogen) atoms. The number of benzene rings is 2. The second-order valence-corrected chi connectivity index (χ2v) is 11.7. The molecule has 10 atom stereocenters. The van der Waals surface area contributed by atoms with Crippen LogP contribution in [0.25, 0.3) is 22.3 Å². The van der Waals surface area contributed by atoms with E-state index in [4.69, 9.17) is 37.6 Å². The van der Waals surface area contributed by atoms with E-state index in [1.54, 1.807) is 0 Å². The Bertz CT molecular complexity index is 1820. The second kappa shape index (κ2) is 14.2. The molecule has 0 radical (unpaired) electrons. The van der Waals surface area contributed by atoms with Gasteiger partial charge in [-0.2, -0.15) is 0 Å². The monoisotopic (exact) mass is 708 g/mol. The third kappa shape index (κ3) is 6.80. The van der Waals surface area contributed by atoms with Gasteiger partial charge in [0.15, 0.2) is 47.1 Å². The van der Waals surface area contributed by atoms with Crippen LogP contribution in [0.4, 0.5) is 0 Å². The molecule has 2 saturated heterocycles. The Labute approximate surface area is 282 Å². The molecule has 0 spiro atoms. The molecule has 18 heteroatoms. The zero-order chi connectivity index (χ0) is 36.8. The summed E-state index contributed by atoms with van der Waals surface area (Å²) in [5.74, 6) is -5.44. The Kier molecular flexibility index (Phi) is 10.3. The van der Waals surface area contributed by atoms with Crippen LogP contribution in [0.2, 0.25) is 0 Å². The molecule has 0 aliphatic carbocycles. The Morgan fingerprint density at radius 1 is 0.740 bits per heavy atom. The van der Waals surface area contributed by atoms with Crippen LogP contribution in [-0.4, -0.2) is 116 Å². The molecule has 7 N–H and O–H groups in total. The van der Waals surface area contributed by atoms with Crippen LogP contribution in [0.15, 0.2) is 33.5 Å². The summed E-state index contributed by atoms with van der Waals surface area (Å²) in [4.78, 5) is 37.6. The van der Waals surface area contributed by atoms with Gasteiger partial charge in [-0.05, 0) is 32.0 Å². The third-order valence-electron chi connectivity index (χ3n) is 8.12. The van der Waals surface area contributed by atoms with Crippen molar-refractivity contribution in [3.05, 3.63) is 34.5 Å². The summed E-state index contributed by atoms with van der Waals surface area (Å²) < 4.78 is 44.6. The molecule has 0 bridgehead atoms. The smallest absolute Gasteiger partial charge is 0.303 e. The van der Waals surface area contributed by atoms with E-state index >= 15 is 0 Å². The largest absolute Gasteiger partial charge is 0.504 e. The van der Waals surface area contributed by atoms with Crippen molar-refractivity contribution in [2.75, 3.05) is 7.11 Å². The Balaban J connectivity index is 1.63. The molecule has 272 valence electrons. The average Bonchev–Trinajstić information content (AvgIpc) is 3.04. The van der Waals surface area contributed by atoms with Crippen molar-refractivity contribution in [1.29, 1.82) is 0 Å². The number of aliphatic hydroxyl groups excluding tert-OH is 4. The van der Waals surface area contributed by atoms with Crippen molar-refractivity contribution in [1.82, 2.24) is 0 Å². The molecule has 3 aromatic rings. The normalized spacial score (nSPS) is 29.6. The zero-order valence-corrected chi connectivity index (χ0v) is 27.2. The summed E-state index contributed by atoms with van der Waals surface area (Å²) in [6.45, 7) is 5.05. The van der Waals surface area contributed by atoms with Gasteiger partial charge in [0.1, 0.15) is 29.3 Å². The van der Waals surface area contributed by atoms with Gasteiger partial charge in [-0.1, -0.05) is 0 Å². The van der Waals surface area contributed by atoms with Gasteiger partial charge < -0.3 is 73.3 Å². The topological polar surface area (TPSA) is 271 Å². The molecule has 2 aromatic carbocycles. The van der Waals surface area contributed by atoms with Crippen LogP contribution in [-0.2, 0) is 28.5 Å². The molecule has 5 rings (SSSR count). The van der Waals surface area contributed by atoms with E-state index in [9.17, 15) is 50.1 Å². The predicted octanol–water partition coefficient (Wildman–Crippen LogP) is 0.140. The molecule has 0 amide bonds. The predicted molar refractivity (Wildman–Crippen MR) is 165 cm³/mol. The fourth-order valence-corrected chi connectivity index (χ4v) is 5.64. The lowest BCUT2D eigenvalue weighted by atomic mass is 9.99. The molecule has 1 aromatic heterocycles. The van der Waals surface area contributed by atoms with Gasteiger partial charge in [0.25, 0.3) is 0 Å². The number of fused-ring (bicyclic) bond motifs is 1. The molecular weight excluding hydrogens is 672 g/mol. The van der Waals surface area contributed by atoms with Crippen LogP contribution in [0.3, 0.4) is 0 Å². The molecule has 18 nitrogen and oxygen atoms in total.